The monoisotopic (exact) mass is 372 g/mol. The van der Waals surface area contributed by atoms with Crippen molar-refractivity contribution in [2.45, 2.75) is 71.2 Å². The Morgan fingerprint density at radius 2 is 2.27 bits per heavy atom. The smallest absolute Gasteiger partial charge is 0.206 e. The van der Waals surface area contributed by atoms with Crippen molar-refractivity contribution >= 4 is 27.2 Å². The molecule has 5 rings (SSSR count). The second-order valence-electron chi connectivity index (χ2n) is 8.43. The molecule has 1 unspecified atom stereocenters. The Kier molecular flexibility index (Phi) is 3.81. The highest BCUT2D eigenvalue weighted by Crippen LogP contribution is 2.39. The number of quaternary nitrogens is 1. The number of likely N-dealkylation sites (tertiary alicyclic amines) is 1. The first-order chi connectivity index (χ1) is 12.5. The lowest BCUT2D eigenvalue weighted by atomic mass is 9.94. The molecule has 0 radical (unpaired) electrons. The van der Waals surface area contributed by atoms with Gasteiger partial charge >= 0.3 is 0 Å². The van der Waals surface area contributed by atoms with E-state index >= 15 is 0 Å². The van der Waals surface area contributed by atoms with Gasteiger partial charge in [0.15, 0.2) is 5.65 Å². The molecule has 3 aromatic rings. The van der Waals surface area contributed by atoms with E-state index in [1.807, 2.05) is 10.8 Å². The largest absolute Gasteiger partial charge is 0.370 e. The molecule has 1 fully saturated rings. The first-order valence-electron chi connectivity index (χ1n) is 9.63. The third-order valence-corrected chi connectivity index (χ3v) is 7.03. The normalized spacial score (nSPS) is 25.7. The van der Waals surface area contributed by atoms with Crippen molar-refractivity contribution in [2.75, 3.05) is 6.54 Å². The van der Waals surface area contributed by atoms with Crippen LogP contribution in [0.2, 0.25) is 0 Å². The summed E-state index contributed by atoms with van der Waals surface area (Å²) in [6.07, 6.45) is 6.69. The molecule has 138 valence electrons. The van der Waals surface area contributed by atoms with Crippen molar-refractivity contribution in [3.63, 3.8) is 0 Å². The number of rotatable bonds is 2. The van der Waals surface area contributed by atoms with E-state index in [-0.39, 0.29) is 5.60 Å². The van der Waals surface area contributed by atoms with E-state index in [0.29, 0.717) is 12.6 Å². The molecule has 6 nitrogen and oxygen atoms in total. The minimum atomic E-state index is -0.135. The molecule has 26 heavy (non-hydrogen) atoms. The minimum absolute atomic E-state index is 0.135. The molecule has 0 aliphatic carbocycles. The summed E-state index contributed by atoms with van der Waals surface area (Å²) in [7, 11) is 0. The fourth-order valence-electron chi connectivity index (χ4n) is 4.38. The number of thiophene rings is 1. The van der Waals surface area contributed by atoms with Gasteiger partial charge in [-0.15, -0.1) is 16.4 Å². The predicted octanol–water partition coefficient (Wildman–Crippen LogP) is 2.15. The minimum Gasteiger partial charge on any atom is -0.370 e. The molecule has 0 amide bonds. The maximum absolute atomic E-state index is 5.99. The molecule has 3 aromatic heterocycles. The van der Waals surface area contributed by atoms with Crippen molar-refractivity contribution < 1.29 is 9.64 Å². The molecule has 1 N–H and O–H groups in total. The van der Waals surface area contributed by atoms with Gasteiger partial charge in [0.25, 0.3) is 0 Å². The highest BCUT2D eigenvalue weighted by atomic mass is 32.1. The van der Waals surface area contributed by atoms with Crippen LogP contribution >= 0.6 is 11.3 Å². The van der Waals surface area contributed by atoms with E-state index in [1.54, 1.807) is 16.2 Å². The van der Waals surface area contributed by atoms with Crippen LogP contribution in [-0.4, -0.2) is 37.8 Å². The quantitative estimate of drug-likeness (QED) is 0.749. The van der Waals surface area contributed by atoms with Gasteiger partial charge in [-0.25, -0.2) is 14.5 Å². The number of hydrogen-bond donors (Lipinski definition) is 1. The molecule has 2 aliphatic rings. The van der Waals surface area contributed by atoms with Crippen LogP contribution in [0.25, 0.3) is 15.9 Å². The third kappa shape index (κ3) is 2.73. The summed E-state index contributed by atoms with van der Waals surface area (Å²) < 4.78 is 7.86. The molecule has 2 atom stereocenters. The second-order valence-corrected chi connectivity index (χ2v) is 9.52. The molecule has 0 spiro atoms. The molecule has 7 heteroatoms. The fourth-order valence-corrected chi connectivity index (χ4v) is 5.44. The highest BCUT2D eigenvalue weighted by Gasteiger charge is 2.31. The van der Waals surface area contributed by atoms with Crippen LogP contribution in [0, 0.1) is 0 Å². The third-order valence-electron chi connectivity index (χ3n) is 5.92. The molecule has 1 saturated heterocycles. The zero-order valence-corrected chi connectivity index (χ0v) is 16.5. The van der Waals surface area contributed by atoms with Gasteiger partial charge in [0.2, 0.25) is 5.82 Å². The van der Waals surface area contributed by atoms with E-state index in [2.05, 4.69) is 25.8 Å². The molecule has 2 aliphatic heterocycles. The van der Waals surface area contributed by atoms with E-state index in [9.17, 15) is 0 Å². The standard InChI is InChI=1S/C19H25N5OS/c1-12-6-4-5-7-23(12)9-15-21-17-16-13-8-19(2,3)25-10-14(13)26-18(16)20-11-24(17)22-15/h11-12H,4-10H2,1-3H3/p+1/t12-/m0/s1. The van der Waals surface area contributed by atoms with Crippen molar-refractivity contribution in [3.8, 4) is 0 Å². The second kappa shape index (κ2) is 5.97. The lowest BCUT2D eigenvalue weighted by molar-refractivity contribution is -0.942. The van der Waals surface area contributed by atoms with Gasteiger partial charge in [0.1, 0.15) is 17.7 Å². The van der Waals surface area contributed by atoms with Crippen molar-refractivity contribution in [3.05, 3.63) is 22.6 Å². The summed E-state index contributed by atoms with van der Waals surface area (Å²) >= 11 is 1.74. The maximum atomic E-state index is 5.99. The first kappa shape index (κ1) is 16.6. The van der Waals surface area contributed by atoms with Gasteiger partial charge in [-0.2, -0.15) is 0 Å². The SMILES string of the molecule is C[C@H]1CCCC[NH+]1Cc1nc2c3c4c(sc3ncn2n1)COC(C)(C)C4. The van der Waals surface area contributed by atoms with E-state index in [0.717, 1.165) is 29.3 Å². The lowest BCUT2D eigenvalue weighted by Crippen LogP contribution is -3.15. The molecule has 0 saturated carbocycles. The van der Waals surface area contributed by atoms with E-state index < -0.39 is 0 Å². The molecule has 5 heterocycles. The van der Waals surface area contributed by atoms with Gasteiger partial charge < -0.3 is 9.64 Å². The van der Waals surface area contributed by atoms with Crippen LogP contribution < -0.4 is 4.90 Å². The Morgan fingerprint density at radius 1 is 1.38 bits per heavy atom. The maximum Gasteiger partial charge on any atom is 0.206 e. The van der Waals surface area contributed by atoms with Crippen LogP contribution in [0.15, 0.2) is 6.33 Å². The number of ether oxygens (including phenoxy) is 1. The Bertz CT molecular complexity index is 975. The highest BCUT2D eigenvalue weighted by molar-refractivity contribution is 7.19. The van der Waals surface area contributed by atoms with E-state index in [4.69, 9.17) is 14.8 Å². The van der Waals surface area contributed by atoms with Gasteiger partial charge in [-0.05, 0) is 45.6 Å². The predicted molar refractivity (Wildman–Crippen MR) is 102 cm³/mol. The summed E-state index contributed by atoms with van der Waals surface area (Å²) in [5, 5.41) is 5.94. The summed E-state index contributed by atoms with van der Waals surface area (Å²) in [4.78, 5) is 13.6. The summed E-state index contributed by atoms with van der Waals surface area (Å²) in [6, 6.07) is 0.695. The average molecular weight is 373 g/mol. The lowest BCUT2D eigenvalue weighted by Gasteiger charge is -2.30. The Morgan fingerprint density at radius 3 is 3.12 bits per heavy atom. The van der Waals surface area contributed by atoms with Crippen LogP contribution in [0.3, 0.4) is 0 Å². The Labute approximate surface area is 157 Å². The summed E-state index contributed by atoms with van der Waals surface area (Å²) in [5.41, 5.74) is 2.19. The number of nitrogens with zero attached hydrogens (tertiary/aromatic N) is 4. The van der Waals surface area contributed by atoms with Crippen molar-refractivity contribution in [1.82, 2.24) is 19.6 Å². The van der Waals surface area contributed by atoms with Crippen LogP contribution in [-0.2, 0) is 24.3 Å². The summed E-state index contributed by atoms with van der Waals surface area (Å²) in [6.45, 7) is 9.47. The molecule has 0 aromatic carbocycles. The summed E-state index contributed by atoms with van der Waals surface area (Å²) in [5.74, 6) is 0.939. The van der Waals surface area contributed by atoms with E-state index in [1.165, 1.54) is 41.6 Å². The Balaban J connectivity index is 1.58. The molecular weight excluding hydrogens is 346 g/mol. The van der Waals surface area contributed by atoms with Crippen LogP contribution in [0.1, 0.15) is 56.3 Å². The Hall–Kier alpha value is -1.57. The van der Waals surface area contributed by atoms with Crippen molar-refractivity contribution in [2.24, 2.45) is 0 Å². The number of aromatic nitrogens is 4. The van der Waals surface area contributed by atoms with Crippen LogP contribution in [0.4, 0.5) is 0 Å². The zero-order valence-electron chi connectivity index (χ0n) is 15.7. The molecule has 0 bridgehead atoms. The van der Waals surface area contributed by atoms with Gasteiger partial charge in [0, 0.05) is 11.3 Å². The topological polar surface area (TPSA) is 56.8 Å². The van der Waals surface area contributed by atoms with Crippen molar-refractivity contribution in [1.29, 1.82) is 0 Å². The fraction of sp³-hybridized carbons (Fsp3) is 0.632. The van der Waals surface area contributed by atoms with Gasteiger partial charge in [0.05, 0.1) is 30.2 Å². The number of nitrogens with one attached hydrogen (secondary N) is 1. The zero-order chi connectivity index (χ0) is 17.9. The molecular formula is C19H26N5OS+. The van der Waals surface area contributed by atoms with Gasteiger partial charge in [-0.1, -0.05) is 0 Å². The average Bonchev–Trinajstić information content (AvgIpc) is 3.16. The number of fused-ring (bicyclic) bond motifs is 5. The number of hydrogen-bond acceptors (Lipinski definition) is 5. The van der Waals surface area contributed by atoms with Crippen LogP contribution in [0.5, 0.6) is 0 Å². The van der Waals surface area contributed by atoms with Gasteiger partial charge in [-0.3, -0.25) is 0 Å². The number of piperidine rings is 1. The first-order valence-corrected chi connectivity index (χ1v) is 10.4.